The highest BCUT2D eigenvalue weighted by molar-refractivity contribution is 5.67. The molecule has 0 aliphatic carbocycles. The largest absolute Gasteiger partial charge is 0.481 e. The number of carboxylic acid groups (broad SMARTS) is 1. The minimum absolute atomic E-state index is 0.0295. The van der Waals surface area contributed by atoms with Crippen LogP contribution in [0.25, 0.3) is 0 Å². The summed E-state index contributed by atoms with van der Waals surface area (Å²) in [6.45, 7) is 0. The van der Waals surface area contributed by atoms with Crippen molar-refractivity contribution in [3.8, 4) is 0 Å². The van der Waals surface area contributed by atoms with Gasteiger partial charge in [-0.3, -0.25) is 4.79 Å². The minimum Gasteiger partial charge on any atom is -0.481 e. The van der Waals surface area contributed by atoms with Gasteiger partial charge in [0.05, 0.1) is 6.42 Å². The highest BCUT2D eigenvalue weighted by atomic mass is 16.7. The fraction of sp³-hybridized carbons (Fsp3) is 0.833. The second-order valence-corrected chi connectivity index (χ2v) is 2.48. The first-order valence-corrected chi connectivity index (χ1v) is 3.37. The number of hydrogen-bond acceptors (Lipinski definition) is 4. The number of hydrogen-bond donors (Lipinski definition) is 3. The van der Waals surface area contributed by atoms with Gasteiger partial charge in [0.15, 0.2) is 6.29 Å². The lowest BCUT2D eigenvalue weighted by atomic mass is 10.1. The molecular formula is C6H11NO4. The molecule has 3 N–H and O–H groups in total. The van der Waals surface area contributed by atoms with Crippen molar-refractivity contribution in [1.29, 1.82) is 0 Å². The molecule has 0 bridgehead atoms. The quantitative estimate of drug-likeness (QED) is 0.449. The Morgan fingerprint density at radius 2 is 2.36 bits per heavy atom. The predicted molar refractivity (Wildman–Crippen MR) is 36.0 cm³/mol. The summed E-state index contributed by atoms with van der Waals surface area (Å²) in [7, 11) is 1.64. The van der Waals surface area contributed by atoms with Crippen molar-refractivity contribution in [2.24, 2.45) is 0 Å². The van der Waals surface area contributed by atoms with E-state index in [-0.39, 0.29) is 18.6 Å². The van der Waals surface area contributed by atoms with Crippen LogP contribution >= 0.6 is 0 Å². The van der Waals surface area contributed by atoms with Gasteiger partial charge in [0, 0.05) is 6.04 Å². The lowest BCUT2D eigenvalue weighted by Crippen LogP contribution is -2.34. The molecule has 1 heterocycles. The maximum absolute atomic E-state index is 10.2. The second kappa shape index (κ2) is 3.17. The first-order valence-electron chi connectivity index (χ1n) is 3.37. The van der Waals surface area contributed by atoms with Crippen molar-refractivity contribution in [2.45, 2.75) is 24.9 Å². The fourth-order valence-electron chi connectivity index (χ4n) is 0.980. The predicted octanol–water partition coefficient (Wildman–Crippen LogP) is -1.23. The summed E-state index contributed by atoms with van der Waals surface area (Å²) < 4.78 is 4.70. The maximum atomic E-state index is 10.2. The maximum Gasteiger partial charge on any atom is 0.305 e. The van der Waals surface area contributed by atoms with E-state index in [0.717, 1.165) is 0 Å². The van der Waals surface area contributed by atoms with Crippen LogP contribution in [0.3, 0.4) is 0 Å². The lowest BCUT2D eigenvalue weighted by molar-refractivity contribution is -0.137. The number of ether oxygens (including phenoxy) is 1. The summed E-state index contributed by atoms with van der Waals surface area (Å²) in [5.41, 5.74) is 0. The third kappa shape index (κ3) is 2.14. The van der Waals surface area contributed by atoms with Gasteiger partial charge >= 0.3 is 5.97 Å². The Kier molecular flexibility index (Phi) is 2.43. The van der Waals surface area contributed by atoms with Crippen molar-refractivity contribution in [3.63, 3.8) is 0 Å². The van der Waals surface area contributed by atoms with Crippen LogP contribution < -0.4 is 5.32 Å². The highest BCUT2D eigenvalue weighted by Gasteiger charge is 2.43. The monoisotopic (exact) mass is 161 g/mol. The zero-order chi connectivity index (χ0) is 8.43. The number of likely N-dealkylation sites (N-methyl/N-ethyl adjacent to an activating group) is 1. The Labute approximate surface area is 64.0 Å². The normalized spacial score (nSPS) is 31.5. The summed E-state index contributed by atoms with van der Waals surface area (Å²) in [6.07, 6.45) is -1.17. The number of epoxide rings is 1. The van der Waals surface area contributed by atoms with Crippen LogP contribution in [0.15, 0.2) is 0 Å². The average molecular weight is 161 g/mol. The molecule has 5 heteroatoms. The minimum atomic E-state index is -0.896. The van der Waals surface area contributed by atoms with Crippen LogP contribution in [-0.2, 0) is 9.53 Å². The van der Waals surface area contributed by atoms with Gasteiger partial charge in [0.2, 0.25) is 0 Å². The van der Waals surface area contributed by atoms with E-state index in [1.54, 1.807) is 7.05 Å². The van der Waals surface area contributed by atoms with E-state index in [0.29, 0.717) is 0 Å². The van der Waals surface area contributed by atoms with Crippen LogP contribution in [0.1, 0.15) is 6.42 Å². The molecule has 1 aliphatic heterocycles. The van der Waals surface area contributed by atoms with Crippen molar-refractivity contribution in [3.05, 3.63) is 0 Å². The van der Waals surface area contributed by atoms with Gasteiger partial charge in [0.1, 0.15) is 6.10 Å². The molecule has 11 heavy (non-hydrogen) atoms. The molecule has 0 saturated carbocycles. The molecule has 0 aromatic rings. The molecule has 1 aliphatic rings. The molecule has 3 atom stereocenters. The first-order chi connectivity index (χ1) is 5.15. The molecule has 0 spiro atoms. The lowest BCUT2D eigenvalue weighted by Gasteiger charge is -2.08. The van der Waals surface area contributed by atoms with Gasteiger partial charge in [-0.05, 0) is 7.05 Å². The number of aliphatic carboxylic acids is 1. The van der Waals surface area contributed by atoms with E-state index < -0.39 is 12.3 Å². The van der Waals surface area contributed by atoms with Gasteiger partial charge in [-0.2, -0.15) is 0 Å². The van der Waals surface area contributed by atoms with Crippen molar-refractivity contribution in [1.82, 2.24) is 5.32 Å². The van der Waals surface area contributed by atoms with Gasteiger partial charge < -0.3 is 20.3 Å². The standard InChI is InChI=1S/C6H11NO4/c1-7-3(2-4(8)9)5-6(10)11-5/h3,5-7,10H,2H2,1H3,(H,8,9)/t3-,5?,6?/m0/s1. The SMILES string of the molecule is CN[C@@H](CC(=O)O)C1OC1O. The van der Waals surface area contributed by atoms with E-state index in [1.165, 1.54) is 0 Å². The second-order valence-electron chi connectivity index (χ2n) is 2.48. The van der Waals surface area contributed by atoms with Crippen molar-refractivity contribution < 1.29 is 19.7 Å². The number of aliphatic hydroxyl groups is 1. The summed E-state index contributed by atoms with van der Waals surface area (Å²) in [5, 5.41) is 19.9. The molecule has 0 radical (unpaired) electrons. The number of rotatable bonds is 4. The number of carbonyl (C=O) groups is 1. The summed E-state index contributed by atoms with van der Waals surface area (Å²) in [6, 6.07) is -0.289. The molecule has 0 amide bonds. The summed E-state index contributed by atoms with van der Waals surface area (Å²) in [4.78, 5) is 10.2. The van der Waals surface area contributed by atoms with Crippen molar-refractivity contribution >= 4 is 5.97 Å². The third-order valence-electron chi connectivity index (χ3n) is 1.66. The van der Waals surface area contributed by atoms with E-state index in [9.17, 15) is 4.79 Å². The molecule has 0 aromatic heterocycles. The summed E-state index contributed by atoms with van der Waals surface area (Å²) in [5.74, 6) is -0.896. The van der Waals surface area contributed by atoms with Crippen molar-refractivity contribution in [2.75, 3.05) is 7.05 Å². The fourth-order valence-corrected chi connectivity index (χ4v) is 0.980. The Morgan fingerprint density at radius 3 is 2.64 bits per heavy atom. The molecule has 64 valence electrons. The molecule has 1 rings (SSSR count). The van der Waals surface area contributed by atoms with Crippen LogP contribution in [0, 0.1) is 0 Å². The highest BCUT2D eigenvalue weighted by Crippen LogP contribution is 2.23. The molecule has 1 saturated heterocycles. The number of nitrogens with one attached hydrogen (secondary N) is 1. The molecule has 0 aromatic carbocycles. The third-order valence-corrected chi connectivity index (χ3v) is 1.66. The number of carboxylic acids is 1. The van der Waals surface area contributed by atoms with Gasteiger partial charge in [-0.25, -0.2) is 0 Å². The zero-order valence-electron chi connectivity index (χ0n) is 6.15. The van der Waals surface area contributed by atoms with E-state index in [2.05, 4.69) is 5.32 Å². The topological polar surface area (TPSA) is 82.1 Å². The van der Waals surface area contributed by atoms with Gasteiger partial charge in [-0.1, -0.05) is 0 Å². The molecular weight excluding hydrogens is 150 g/mol. The van der Waals surface area contributed by atoms with E-state index >= 15 is 0 Å². The molecule has 2 unspecified atom stereocenters. The molecule has 1 fully saturated rings. The Morgan fingerprint density at radius 1 is 1.82 bits per heavy atom. The molecule has 5 nitrogen and oxygen atoms in total. The van der Waals surface area contributed by atoms with E-state index in [4.69, 9.17) is 14.9 Å². The van der Waals surface area contributed by atoms with Crippen LogP contribution in [0.4, 0.5) is 0 Å². The van der Waals surface area contributed by atoms with Gasteiger partial charge in [0.25, 0.3) is 0 Å². The summed E-state index contributed by atoms with van der Waals surface area (Å²) >= 11 is 0. The number of aliphatic hydroxyl groups excluding tert-OH is 1. The smallest absolute Gasteiger partial charge is 0.305 e. The Bertz CT molecular complexity index is 161. The van der Waals surface area contributed by atoms with E-state index in [1.807, 2.05) is 0 Å². The van der Waals surface area contributed by atoms with Crippen LogP contribution in [0.5, 0.6) is 0 Å². The van der Waals surface area contributed by atoms with Crippen LogP contribution in [-0.4, -0.2) is 41.7 Å². The zero-order valence-corrected chi connectivity index (χ0v) is 6.15. The Balaban J connectivity index is 2.32. The first kappa shape index (κ1) is 8.45. The van der Waals surface area contributed by atoms with Crippen LogP contribution in [0.2, 0.25) is 0 Å². The Hall–Kier alpha value is -0.650. The average Bonchev–Trinajstić information content (AvgIpc) is 2.61. The van der Waals surface area contributed by atoms with Gasteiger partial charge in [-0.15, -0.1) is 0 Å².